The number of ether oxygens (including phenoxy) is 2. The fourth-order valence-corrected chi connectivity index (χ4v) is 1.95. The number of carbonyl (C=O) groups excluding carboxylic acids is 3. The van der Waals surface area contributed by atoms with Crippen LogP contribution in [0.4, 0.5) is 4.79 Å². The van der Waals surface area contributed by atoms with Gasteiger partial charge in [-0.25, -0.2) is 4.79 Å². The highest BCUT2D eigenvalue weighted by Gasteiger charge is 2.54. The smallest absolute Gasteiger partial charge is 0.315 e. The van der Waals surface area contributed by atoms with Gasteiger partial charge < -0.3 is 31.2 Å². The Hall–Kier alpha value is -1.87. The van der Waals surface area contributed by atoms with Crippen molar-refractivity contribution < 1.29 is 23.9 Å². The number of nitrogens with one attached hydrogen (secondary N) is 3. The highest BCUT2D eigenvalue weighted by atomic mass is 16.5. The van der Waals surface area contributed by atoms with E-state index >= 15 is 0 Å². The van der Waals surface area contributed by atoms with Gasteiger partial charge in [0.2, 0.25) is 11.8 Å². The predicted molar refractivity (Wildman–Crippen MR) is 77.9 cm³/mol. The molecule has 0 aromatic carbocycles. The van der Waals surface area contributed by atoms with E-state index in [9.17, 15) is 14.4 Å². The van der Waals surface area contributed by atoms with Crippen LogP contribution >= 0.6 is 0 Å². The van der Waals surface area contributed by atoms with Crippen LogP contribution in [0.3, 0.4) is 0 Å². The van der Waals surface area contributed by atoms with Crippen LogP contribution in [0, 0.1) is 5.92 Å². The molecule has 1 fully saturated rings. The Kier molecular flexibility index (Phi) is 7.06. The molecule has 0 saturated heterocycles. The summed E-state index contributed by atoms with van der Waals surface area (Å²) in [4.78, 5) is 34.1. The molecule has 5 N–H and O–H groups in total. The first-order valence-corrected chi connectivity index (χ1v) is 7.08. The first kappa shape index (κ1) is 18.2. The van der Waals surface area contributed by atoms with E-state index in [0.717, 1.165) is 0 Å². The van der Waals surface area contributed by atoms with Crippen molar-refractivity contribution >= 4 is 17.8 Å². The minimum atomic E-state index is -0.610. The molecule has 0 unspecified atom stereocenters. The van der Waals surface area contributed by atoms with Crippen molar-refractivity contribution in [3.05, 3.63) is 0 Å². The monoisotopic (exact) mass is 316 g/mol. The molecule has 0 aromatic rings. The maximum Gasteiger partial charge on any atom is 0.315 e. The average molecular weight is 316 g/mol. The fraction of sp³-hybridized carbons (Fsp3) is 0.769. The largest absolute Gasteiger partial charge is 0.382 e. The first-order chi connectivity index (χ1) is 10.4. The van der Waals surface area contributed by atoms with Gasteiger partial charge in [-0.1, -0.05) is 0 Å². The zero-order valence-corrected chi connectivity index (χ0v) is 12.9. The third kappa shape index (κ3) is 6.27. The number of carbonyl (C=O) groups is 3. The summed E-state index contributed by atoms with van der Waals surface area (Å²) in [6, 6.07) is -0.502. The van der Waals surface area contributed by atoms with E-state index in [1.165, 1.54) is 0 Å². The quantitative estimate of drug-likeness (QED) is 0.358. The molecule has 0 bridgehead atoms. The molecule has 0 heterocycles. The molecule has 1 aliphatic rings. The van der Waals surface area contributed by atoms with Crippen molar-refractivity contribution in [1.82, 2.24) is 16.0 Å². The summed E-state index contributed by atoms with van der Waals surface area (Å²) in [6.07, 6.45) is 0.515. The molecule has 0 radical (unpaired) electrons. The van der Waals surface area contributed by atoms with Gasteiger partial charge in [0.05, 0.1) is 37.8 Å². The van der Waals surface area contributed by atoms with Crippen LogP contribution in [0.5, 0.6) is 0 Å². The second kappa shape index (κ2) is 8.54. The standard InChI is InChI=1S/C13H24N4O5/c1-13(7-9(13)11(14)19)17-12(20)16-8-10(18)15-3-4-22-6-5-21-2/h9H,3-8H2,1-2H3,(H2,14,19)(H,15,18)(H2,16,17,20)/t9-,13-/m0/s1. The number of amides is 4. The van der Waals surface area contributed by atoms with E-state index in [0.29, 0.717) is 32.8 Å². The molecular formula is C13H24N4O5. The number of rotatable bonds is 10. The molecule has 9 heteroatoms. The summed E-state index contributed by atoms with van der Waals surface area (Å²) in [6.45, 7) is 3.28. The highest BCUT2D eigenvalue weighted by Crippen LogP contribution is 2.42. The lowest BCUT2D eigenvalue weighted by Gasteiger charge is -2.14. The van der Waals surface area contributed by atoms with E-state index in [-0.39, 0.29) is 18.4 Å². The molecular weight excluding hydrogens is 292 g/mol. The van der Waals surface area contributed by atoms with Gasteiger partial charge >= 0.3 is 6.03 Å². The number of hydrogen-bond donors (Lipinski definition) is 4. The molecule has 4 amide bonds. The van der Waals surface area contributed by atoms with E-state index in [4.69, 9.17) is 15.2 Å². The van der Waals surface area contributed by atoms with Crippen LogP contribution in [-0.4, -0.2) is 63.4 Å². The number of nitrogens with two attached hydrogens (primary N) is 1. The second-order valence-electron chi connectivity index (χ2n) is 5.34. The lowest BCUT2D eigenvalue weighted by atomic mass is 10.2. The molecule has 0 spiro atoms. The third-order valence-electron chi connectivity index (χ3n) is 3.39. The van der Waals surface area contributed by atoms with E-state index in [2.05, 4.69) is 16.0 Å². The van der Waals surface area contributed by atoms with Crippen molar-refractivity contribution in [3.63, 3.8) is 0 Å². The normalized spacial score (nSPS) is 22.7. The van der Waals surface area contributed by atoms with E-state index in [1.54, 1.807) is 14.0 Å². The lowest BCUT2D eigenvalue weighted by molar-refractivity contribution is -0.121. The molecule has 1 rings (SSSR count). The molecule has 126 valence electrons. The Bertz CT molecular complexity index is 417. The summed E-state index contributed by atoms with van der Waals surface area (Å²) in [5.41, 5.74) is 4.57. The topological polar surface area (TPSA) is 132 Å². The van der Waals surface area contributed by atoms with E-state index in [1.807, 2.05) is 0 Å². The van der Waals surface area contributed by atoms with Gasteiger partial charge in [-0.2, -0.15) is 0 Å². The van der Waals surface area contributed by atoms with Gasteiger partial charge in [0.1, 0.15) is 0 Å². The Morgan fingerprint density at radius 2 is 1.95 bits per heavy atom. The fourth-order valence-electron chi connectivity index (χ4n) is 1.95. The van der Waals surface area contributed by atoms with Gasteiger partial charge in [0.25, 0.3) is 0 Å². The van der Waals surface area contributed by atoms with Crippen molar-refractivity contribution in [1.29, 1.82) is 0 Å². The second-order valence-corrected chi connectivity index (χ2v) is 5.34. The molecule has 0 aromatic heterocycles. The van der Waals surface area contributed by atoms with Gasteiger partial charge in [-0.15, -0.1) is 0 Å². The minimum Gasteiger partial charge on any atom is -0.382 e. The van der Waals surface area contributed by atoms with Crippen molar-refractivity contribution in [2.45, 2.75) is 18.9 Å². The van der Waals surface area contributed by atoms with Crippen LogP contribution in [0.2, 0.25) is 0 Å². The van der Waals surface area contributed by atoms with Crippen molar-refractivity contribution in [3.8, 4) is 0 Å². The molecule has 9 nitrogen and oxygen atoms in total. The SMILES string of the molecule is COCCOCCNC(=O)CNC(=O)N[C@@]1(C)C[C@H]1C(N)=O. The maximum atomic E-state index is 11.6. The lowest BCUT2D eigenvalue weighted by Crippen LogP contribution is -2.47. The van der Waals surface area contributed by atoms with Crippen molar-refractivity contribution in [2.75, 3.05) is 40.0 Å². The summed E-state index contributed by atoms with van der Waals surface area (Å²) in [5.74, 6) is -1.11. The summed E-state index contributed by atoms with van der Waals surface area (Å²) >= 11 is 0. The van der Waals surface area contributed by atoms with Gasteiger partial charge in [0, 0.05) is 13.7 Å². The Balaban J connectivity index is 2.07. The zero-order valence-electron chi connectivity index (χ0n) is 12.9. The molecule has 0 aliphatic heterocycles. The van der Waals surface area contributed by atoms with Crippen LogP contribution in [0.25, 0.3) is 0 Å². The number of urea groups is 1. The van der Waals surface area contributed by atoms with Crippen LogP contribution in [0.15, 0.2) is 0 Å². The molecule has 22 heavy (non-hydrogen) atoms. The average Bonchev–Trinajstić information content (AvgIpc) is 3.12. The van der Waals surface area contributed by atoms with Crippen LogP contribution in [0.1, 0.15) is 13.3 Å². The van der Waals surface area contributed by atoms with E-state index < -0.39 is 17.5 Å². The Morgan fingerprint density at radius 1 is 1.23 bits per heavy atom. The van der Waals surface area contributed by atoms with Crippen LogP contribution in [-0.2, 0) is 19.1 Å². The third-order valence-corrected chi connectivity index (χ3v) is 3.39. The first-order valence-electron chi connectivity index (χ1n) is 7.08. The minimum absolute atomic E-state index is 0.152. The Labute approximate surface area is 129 Å². The molecule has 1 aliphatic carbocycles. The van der Waals surface area contributed by atoms with Crippen LogP contribution < -0.4 is 21.7 Å². The van der Waals surface area contributed by atoms with Gasteiger partial charge in [0.15, 0.2) is 0 Å². The Morgan fingerprint density at radius 3 is 2.55 bits per heavy atom. The number of hydrogen-bond acceptors (Lipinski definition) is 5. The number of primary amides is 1. The van der Waals surface area contributed by atoms with Crippen molar-refractivity contribution in [2.24, 2.45) is 11.7 Å². The highest BCUT2D eigenvalue weighted by molar-refractivity contribution is 5.87. The maximum absolute atomic E-state index is 11.6. The molecule has 2 atom stereocenters. The zero-order chi connectivity index (χ0) is 16.6. The molecule has 1 saturated carbocycles. The van der Waals surface area contributed by atoms with Gasteiger partial charge in [-0.05, 0) is 13.3 Å². The summed E-state index contributed by atoms with van der Waals surface area (Å²) in [7, 11) is 1.58. The van der Waals surface area contributed by atoms with Gasteiger partial charge in [-0.3, -0.25) is 9.59 Å². The number of methoxy groups -OCH3 is 1. The summed E-state index contributed by atoms with van der Waals surface area (Å²) < 4.78 is 9.98. The predicted octanol–water partition coefficient (Wildman–Crippen LogP) is -1.67. The summed E-state index contributed by atoms with van der Waals surface area (Å²) in [5, 5.41) is 7.66.